The van der Waals surface area contributed by atoms with Gasteiger partial charge in [0.15, 0.2) is 17.9 Å². The highest BCUT2D eigenvalue weighted by Gasteiger charge is 2.38. The summed E-state index contributed by atoms with van der Waals surface area (Å²) in [6.45, 7) is 0. The molecule has 3 aromatic rings. The molecule has 0 saturated heterocycles. The van der Waals surface area contributed by atoms with Crippen molar-refractivity contribution in [1.29, 1.82) is 0 Å². The minimum Gasteiger partial charge on any atom is -0.466 e. The number of ether oxygens (including phenoxy) is 1. The number of nitrogens with zero attached hydrogens (tertiary/aromatic N) is 1. The van der Waals surface area contributed by atoms with Gasteiger partial charge < -0.3 is 4.74 Å². The molecule has 0 fully saturated rings. The number of carbonyl (C=O) groups excluding carboxylic acids is 1. The fourth-order valence-corrected chi connectivity index (χ4v) is 2.99. The van der Waals surface area contributed by atoms with Gasteiger partial charge >= 0.3 is 0 Å². The third kappa shape index (κ3) is 3.09. The summed E-state index contributed by atoms with van der Waals surface area (Å²) in [6.07, 6.45) is -0.413. The molecule has 122 valence electrons. The highest BCUT2D eigenvalue weighted by Crippen LogP contribution is 2.33. The number of hydrogen-bond donors (Lipinski definition) is 0. The second-order valence-corrected chi connectivity index (χ2v) is 5.92. The van der Waals surface area contributed by atoms with Crippen molar-refractivity contribution in [3.05, 3.63) is 108 Å². The average molecular weight is 327 g/mol. The molecule has 2 atom stereocenters. The Hall–Kier alpha value is -3.20. The maximum absolute atomic E-state index is 13.0. The number of Topliss-reactive ketones (excluding diaryl/α,β-unsaturated/α-hetero) is 1. The molecule has 3 nitrogen and oxygen atoms in total. The zero-order chi connectivity index (χ0) is 17.1. The molecule has 4 rings (SSSR count). The van der Waals surface area contributed by atoms with Crippen molar-refractivity contribution in [3.63, 3.8) is 0 Å². The molecule has 0 aromatic heterocycles. The first-order chi connectivity index (χ1) is 12.3. The van der Waals surface area contributed by atoms with Crippen LogP contribution < -0.4 is 0 Å². The molecule has 0 saturated carbocycles. The first kappa shape index (κ1) is 15.3. The van der Waals surface area contributed by atoms with E-state index in [0.717, 1.165) is 11.1 Å². The van der Waals surface area contributed by atoms with Crippen LogP contribution in [0.4, 0.5) is 0 Å². The van der Waals surface area contributed by atoms with E-state index in [4.69, 9.17) is 4.74 Å². The van der Waals surface area contributed by atoms with Crippen LogP contribution in [0.25, 0.3) is 0 Å². The van der Waals surface area contributed by atoms with Crippen molar-refractivity contribution >= 4 is 11.7 Å². The maximum atomic E-state index is 13.0. The molecule has 0 bridgehead atoms. The first-order valence-electron chi connectivity index (χ1n) is 8.27. The Labute approximate surface area is 146 Å². The second-order valence-electron chi connectivity index (χ2n) is 5.92. The molecule has 0 spiro atoms. The van der Waals surface area contributed by atoms with Crippen LogP contribution in [0.1, 0.15) is 27.6 Å². The molecule has 0 unspecified atom stereocenters. The van der Waals surface area contributed by atoms with E-state index in [1.54, 1.807) is 0 Å². The van der Waals surface area contributed by atoms with E-state index in [-0.39, 0.29) is 5.78 Å². The predicted molar refractivity (Wildman–Crippen MR) is 97.8 cm³/mol. The van der Waals surface area contributed by atoms with Gasteiger partial charge in [0, 0.05) is 11.1 Å². The molecule has 0 amide bonds. The van der Waals surface area contributed by atoms with E-state index in [1.807, 2.05) is 91.0 Å². The average Bonchev–Trinajstić information content (AvgIpc) is 3.15. The van der Waals surface area contributed by atoms with Crippen LogP contribution in [0, 0.1) is 0 Å². The van der Waals surface area contributed by atoms with E-state index in [9.17, 15) is 4.79 Å². The van der Waals surface area contributed by atoms with E-state index in [1.165, 1.54) is 0 Å². The highest BCUT2D eigenvalue weighted by atomic mass is 16.5. The fraction of sp³-hybridized carbons (Fsp3) is 0.0909. The van der Waals surface area contributed by atoms with Crippen molar-refractivity contribution in [3.8, 4) is 0 Å². The number of carbonyl (C=O) groups is 1. The Morgan fingerprint density at radius 2 is 1.32 bits per heavy atom. The van der Waals surface area contributed by atoms with E-state index >= 15 is 0 Å². The van der Waals surface area contributed by atoms with Crippen LogP contribution in [0.5, 0.6) is 0 Å². The lowest BCUT2D eigenvalue weighted by molar-refractivity contribution is 0.0890. The van der Waals surface area contributed by atoms with Gasteiger partial charge in [-0.3, -0.25) is 4.79 Å². The van der Waals surface area contributed by atoms with Crippen LogP contribution in [0.15, 0.2) is 96.0 Å². The van der Waals surface area contributed by atoms with Crippen LogP contribution in [-0.4, -0.2) is 17.7 Å². The topological polar surface area (TPSA) is 38.7 Å². The minimum absolute atomic E-state index is 0.0274. The number of rotatable bonds is 4. The molecule has 1 heterocycles. The monoisotopic (exact) mass is 327 g/mol. The summed E-state index contributed by atoms with van der Waals surface area (Å²) in [7, 11) is 0. The molecule has 1 aliphatic heterocycles. The van der Waals surface area contributed by atoms with Gasteiger partial charge in [-0.1, -0.05) is 78.9 Å². The first-order valence-corrected chi connectivity index (χ1v) is 8.27. The minimum atomic E-state index is -0.583. The van der Waals surface area contributed by atoms with Crippen LogP contribution >= 0.6 is 0 Å². The SMILES string of the molecule is O=C(c1ccccc1)[C@@H]1N=C(c2ccccc2)O[C@H]1c1ccccc1. The summed E-state index contributed by atoms with van der Waals surface area (Å²) in [5, 5.41) is 0. The molecule has 3 heteroatoms. The summed E-state index contributed by atoms with van der Waals surface area (Å²) in [6, 6.07) is 28.2. The summed E-state index contributed by atoms with van der Waals surface area (Å²) in [5.41, 5.74) is 2.48. The van der Waals surface area contributed by atoms with Crippen LogP contribution in [0.2, 0.25) is 0 Å². The Bertz CT molecular complexity index is 889. The van der Waals surface area contributed by atoms with Crippen molar-refractivity contribution in [2.75, 3.05) is 0 Å². The van der Waals surface area contributed by atoms with Gasteiger partial charge in [0.2, 0.25) is 5.90 Å². The molecule has 0 aliphatic carbocycles. The van der Waals surface area contributed by atoms with E-state index in [2.05, 4.69) is 4.99 Å². The lowest BCUT2D eigenvalue weighted by Gasteiger charge is -2.17. The Kier molecular flexibility index (Phi) is 4.13. The Morgan fingerprint density at radius 3 is 1.96 bits per heavy atom. The van der Waals surface area contributed by atoms with E-state index < -0.39 is 12.1 Å². The standard InChI is InChI=1S/C22H17NO2/c24-20(16-10-4-1-5-11-16)19-21(17-12-6-2-7-13-17)25-22(23-19)18-14-8-3-9-15-18/h1-15,19,21H/t19-,21-/m0/s1. The largest absolute Gasteiger partial charge is 0.466 e. The van der Waals surface area contributed by atoms with Gasteiger partial charge in [0.1, 0.15) is 0 Å². The highest BCUT2D eigenvalue weighted by molar-refractivity contribution is 6.05. The fourth-order valence-electron chi connectivity index (χ4n) is 2.99. The molecular formula is C22H17NO2. The van der Waals surface area contributed by atoms with Gasteiger partial charge in [0.25, 0.3) is 0 Å². The van der Waals surface area contributed by atoms with Gasteiger partial charge in [-0.2, -0.15) is 0 Å². The van der Waals surface area contributed by atoms with Crippen LogP contribution in [0.3, 0.4) is 0 Å². The van der Waals surface area contributed by atoms with Gasteiger partial charge in [-0.15, -0.1) is 0 Å². The summed E-state index contributed by atoms with van der Waals surface area (Å²) >= 11 is 0. The Morgan fingerprint density at radius 1 is 0.760 bits per heavy atom. The van der Waals surface area contributed by atoms with Gasteiger partial charge in [0.05, 0.1) is 0 Å². The van der Waals surface area contributed by atoms with Crippen molar-refractivity contribution in [2.45, 2.75) is 12.1 Å². The van der Waals surface area contributed by atoms with E-state index in [0.29, 0.717) is 11.5 Å². The molecule has 3 aromatic carbocycles. The third-order valence-electron chi connectivity index (χ3n) is 4.26. The van der Waals surface area contributed by atoms with Crippen molar-refractivity contribution in [2.24, 2.45) is 4.99 Å². The Balaban J connectivity index is 1.73. The number of ketones is 1. The quantitative estimate of drug-likeness (QED) is 0.664. The molecule has 1 aliphatic rings. The zero-order valence-corrected chi connectivity index (χ0v) is 13.6. The zero-order valence-electron chi connectivity index (χ0n) is 13.6. The second kappa shape index (κ2) is 6.73. The summed E-state index contributed by atoms with van der Waals surface area (Å²) in [5.74, 6) is 0.490. The molecule has 0 radical (unpaired) electrons. The van der Waals surface area contributed by atoms with Crippen molar-refractivity contribution < 1.29 is 9.53 Å². The predicted octanol–water partition coefficient (Wildman–Crippen LogP) is 4.46. The summed E-state index contributed by atoms with van der Waals surface area (Å²) < 4.78 is 6.12. The van der Waals surface area contributed by atoms with Gasteiger partial charge in [-0.25, -0.2) is 4.99 Å². The lowest BCUT2D eigenvalue weighted by Crippen LogP contribution is -2.24. The smallest absolute Gasteiger partial charge is 0.217 e. The number of aliphatic imine (C=N–C) groups is 1. The summed E-state index contributed by atoms with van der Waals surface area (Å²) in [4.78, 5) is 17.7. The number of hydrogen-bond acceptors (Lipinski definition) is 3. The molecule has 25 heavy (non-hydrogen) atoms. The van der Waals surface area contributed by atoms with Crippen molar-refractivity contribution in [1.82, 2.24) is 0 Å². The lowest BCUT2D eigenvalue weighted by atomic mass is 9.96. The third-order valence-corrected chi connectivity index (χ3v) is 4.26. The van der Waals surface area contributed by atoms with Crippen LogP contribution in [-0.2, 0) is 4.74 Å². The maximum Gasteiger partial charge on any atom is 0.217 e. The van der Waals surface area contributed by atoms with Gasteiger partial charge in [-0.05, 0) is 17.7 Å². The molecular weight excluding hydrogens is 310 g/mol. The number of benzene rings is 3. The molecule has 0 N–H and O–H groups in total. The normalized spacial score (nSPS) is 19.1.